The van der Waals surface area contributed by atoms with Crippen molar-refractivity contribution in [3.8, 4) is 0 Å². The Kier molecular flexibility index (Phi) is 5.54. The van der Waals surface area contributed by atoms with Crippen LogP contribution in [0.3, 0.4) is 0 Å². The van der Waals surface area contributed by atoms with Gasteiger partial charge in [-0.1, -0.05) is 6.92 Å². The second-order valence-electron chi connectivity index (χ2n) is 5.41. The Hall–Kier alpha value is -2.11. The third kappa shape index (κ3) is 4.73. The molecule has 0 bridgehead atoms. The standard InChI is InChI=1S/C15H23N5O/c1-12-4-9-20(10-5-12)15(16)19-8-7-18-14(21)13-3-2-6-17-11-13/h2-3,6,11-12H,4-5,7-10H2,1H3,(H2,16,19)(H,18,21). The van der Waals surface area contributed by atoms with Gasteiger partial charge in [0, 0.05) is 32.0 Å². The van der Waals surface area contributed by atoms with Crippen molar-refractivity contribution < 1.29 is 4.79 Å². The number of hydrogen-bond donors (Lipinski definition) is 2. The number of nitrogens with two attached hydrogens (primary N) is 1. The summed E-state index contributed by atoms with van der Waals surface area (Å²) in [6.45, 7) is 5.16. The fourth-order valence-electron chi connectivity index (χ4n) is 2.28. The van der Waals surface area contributed by atoms with Crippen molar-refractivity contribution in [3.63, 3.8) is 0 Å². The molecule has 1 aromatic heterocycles. The maximum atomic E-state index is 11.8. The minimum absolute atomic E-state index is 0.135. The number of amides is 1. The van der Waals surface area contributed by atoms with Gasteiger partial charge in [0.05, 0.1) is 12.1 Å². The number of guanidine groups is 1. The molecule has 2 heterocycles. The fraction of sp³-hybridized carbons (Fsp3) is 0.533. The third-order valence-corrected chi connectivity index (χ3v) is 3.70. The van der Waals surface area contributed by atoms with Crippen LogP contribution in [-0.2, 0) is 0 Å². The number of carbonyl (C=O) groups excluding carboxylic acids is 1. The molecular formula is C15H23N5O. The highest BCUT2D eigenvalue weighted by atomic mass is 16.1. The summed E-state index contributed by atoms with van der Waals surface area (Å²) in [5.74, 6) is 1.22. The van der Waals surface area contributed by atoms with Gasteiger partial charge in [0.25, 0.3) is 5.91 Å². The second kappa shape index (κ2) is 7.61. The van der Waals surface area contributed by atoms with Crippen molar-refractivity contribution in [1.82, 2.24) is 15.2 Å². The lowest BCUT2D eigenvalue weighted by atomic mass is 10.00. The van der Waals surface area contributed by atoms with Gasteiger partial charge < -0.3 is 16.0 Å². The number of rotatable bonds is 4. The Morgan fingerprint density at radius 3 is 2.95 bits per heavy atom. The van der Waals surface area contributed by atoms with Gasteiger partial charge >= 0.3 is 0 Å². The van der Waals surface area contributed by atoms with Crippen LogP contribution >= 0.6 is 0 Å². The topological polar surface area (TPSA) is 83.6 Å². The van der Waals surface area contributed by atoms with Crippen LogP contribution in [-0.4, -0.2) is 47.9 Å². The maximum absolute atomic E-state index is 11.8. The number of carbonyl (C=O) groups is 1. The fourth-order valence-corrected chi connectivity index (χ4v) is 2.28. The van der Waals surface area contributed by atoms with Crippen molar-refractivity contribution >= 4 is 11.9 Å². The Balaban J connectivity index is 1.71. The van der Waals surface area contributed by atoms with Crippen LogP contribution in [0.4, 0.5) is 0 Å². The molecule has 2 rings (SSSR count). The minimum Gasteiger partial charge on any atom is -0.370 e. The first-order chi connectivity index (χ1) is 10.2. The van der Waals surface area contributed by atoms with Crippen LogP contribution < -0.4 is 11.1 Å². The van der Waals surface area contributed by atoms with Crippen molar-refractivity contribution in [3.05, 3.63) is 30.1 Å². The SMILES string of the molecule is CC1CCN(C(N)=NCCNC(=O)c2cccnc2)CC1. The quantitative estimate of drug-likeness (QED) is 0.489. The molecule has 0 atom stereocenters. The van der Waals surface area contributed by atoms with Crippen molar-refractivity contribution in [2.75, 3.05) is 26.2 Å². The molecule has 6 heteroatoms. The summed E-state index contributed by atoms with van der Waals surface area (Å²) in [5, 5.41) is 2.80. The van der Waals surface area contributed by atoms with E-state index < -0.39 is 0 Å². The van der Waals surface area contributed by atoms with E-state index in [2.05, 4.69) is 27.1 Å². The van der Waals surface area contributed by atoms with Gasteiger partial charge in [-0.25, -0.2) is 0 Å². The number of hydrogen-bond acceptors (Lipinski definition) is 3. The van der Waals surface area contributed by atoms with E-state index in [0.29, 0.717) is 24.6 Å². The molecule has 1 aromatic rings. The summed E-state index contributed by atoms with van der Waals surface area (Å²) in [6, 6.07) is 3.47. The van der Waals surface area contributed by atoms with Gasteiger partial charge in [-0.2, -0.15) is 0 Å². The molecule has 6 nitrogen and oxygen atoms in total. The monoisotopic (exact) mass is 289 g/mol. The van der Waals surface area contributed by atoms with Crippen molar-refractivity contribution in [2.45, 2.75) is 19.8 Å². The lowest BCUT2D eigenvalue weighted by molar-refractivity contribution is 0.0954. The van der Waals surface area contributed by atoms with Crippen molar-refractivity contribution in [2.24, 2.45) is 16.6 Å². The van der Waals surface area contributed by atoms with E-state index >= 15 is 0 Å². The van der Waals surface area contributed by atoms with E-state index in [4.69, 9.17) is 5.73 Å². The van der Waals surface area contributed by atoms with Crippen LogP contribution in [0.25, 0.3) is 0 Å². The molecule has 0 radical (unpaired) electrons. The smallest absolute Gasteiger partial charge is 0.252 e. The molecule has 1 saturated heterocycles. The van der Waals surface area contributed by atoms with Crippen LogP contribution in [0.2, 0.25) is 0 Å². The first-order valence-corrected chi connectivity index (χ1v) is 7.40. The van der Waals surface area contributed by atoms with Crippen LogP contribution in [0.5, 0.6) is 0 Å². The molecule has 3 N–H and O–H groups in total. The van der Waals surface area contributed by atoms with Gasteiger partial charge in [-0.3, -0.25) is 14.8 Å². The first kappa shape index (κ1) is 15.3. The minimum atomic E-state index is -0.135. The van der Waals surface area contributed by atoms with E-state index in [1.165, 1.54) is 0 Å². The van der Waals surface area contributed by atoms with Crippen LogP contribution in [0.15, 0.2) is 29.5 Å². The molecule has 0 saturated carbocycles. The zero-order valence-electron chi connectivity index (χ0n) is 12.5. The summed E-state index contributed by atoms with van der Waals surface area (Å²) >= 11 is 0. The van der Waals surface area contributed by atoms with Gasteiger partial charge in [-0.05, 0) is 30.9 Å². The lowest BCUT2D eigenvalue weighted by Gasteiger charge is -2.31. The molecule has 0 spiro atoms. The van der Waals surface area contributed by atoms with Crippen LogP contribution in [0.1, 0.15) is 30.1 Å². The maximum Gasteiger partial charge on any atom is 0.252 e. The third-order valence-electron chi connectivity index (χ3n) is 3.70. The zero-order valence-corrected chi connectivity index (χ0v) is 12.5. The number of nitrogens with one attached hydrogen (secondary N) is 1. The van der Waals surface area contributed by atoms with Gasteiger partial charge in [0.15, 0.2) is 5.96 Å². The largest absolute Gasteiger partial charge is 0.370 e. The Morgan fingerprint density at radius 1 is 1.52 bits per heavy atom. The summed E-state index contributed by atoms with van der Waals surface area (Å²) in [5.41, 5.74) is 6.53. The molecule has 21 heavy (non-hydrogen) atoms. The van der Waals surface area contributed by atoms with Crippen molar-refractivity contribution in [1.29, 1.82) is 0 Å². The van der Waals surface area contributed by atoms with Gasteiger partial charge in [0.2, 0.25) is 0 Å². The number of nitrogens with zero attached hydrogens (tertiary/aromatic N) is 3. The molecule has 0 aromatic carbocycles. The van der Waals surface area contributed by atoms with E-state index in [0.717, 1.165) is 31.8 Å². The number of likely N-dealkylation sites (tertiary alicyclic amines) is 1. The Morgan fingerprint density at radius 2 is 2.29 bits per heavy atom. The summed E-state index contributed by atoms with van der Waals surface area (Å²) in [4.78, 5) is 22.1. The van der Waals surface area contributed by atoms with E-state index in [-0.39, 0.29) is 5.91 Å². The average molecular weight is 289 g/mol. The molecule has 0 unspecified atom stereocenters. The predicted molar refractivity (Wildman–Crippen MR) is 83.0 cm³/mol. The van der Waals surface area contributed by atoms with E-state index in [9.17, 15) is 4.79 Å². The van der Waals surface area contributed by atoms with Gasteiger partial charge in [-0.15, -0.1) is 0 Å². The Labute approximate surface area is 125 Å². The summed E-state index contributed by atoms with van der Waals surface area (Å²) in [6.07, 6.45) is 5.50. The van der Waals surface area contributed by atoms with E-state index in [1.807, 2.05) is 0 Å². The molecule has 1 aliphatic rings. The lowest BCUT2D eigenvalue weighted by Crippen LogP contribution is -2.42. The number of aromatic nitrogens is 1. The number of piperidine rings is 1. The molecule has 1 fully saturated rings. The highest BCUT2D eigenvalue weighted by Crippen LogP contribution is 2.15. The first-order valence-electron chi connectivity index (χ1n) is 7.40. The second-order valence-corrected chi connectivity index (χ2v) is 5.41. The van der Waals surface area contributed by atoms with E-state index in [1.54, 1.807) is 24.5 Å². The predicted octanol–water partition coefficient (Wildman–Crippen LogP) is 0.858. The Bertz CT molecular complexity index is 480. The number of aliphatic imine (C=N–C) groups is 1. The zero-order chi connectivity index (χ0) is 15.1. The average Bonchev–Trinajstić information content (AvgIpc) is 2.52. The molecule has 1 aliphatic heterocycles. The molecule has 114 valence electrons. The number of pyridine rings is 1. The summed E-state index contributed by atoms with van der Waals surface area (Å²) in [7, 11) is 0. The molecule has 0 aliphatic carbocycles. The highest BCUT2D eigenvalue weighted by molar-refractivity contribution is 5.93. The van der Waals surface area contributed by atoms with Gasteiger partial charge in [0.1, 0.15) is 0 Å². The summed E-state index contributed by atoms with van der Waals surface area (Å²) < 4.78 is 0. The highest BCUT2D eigenvalue weighted by Gasteiger charge is 2.16. The normalized spacial score (nSPS) is 16.8. The molecular weight excluding hydrogens is 266 g/mol. The molecule has 1 amide bonds. The van der Waals surface area contributed by atoms with Crippen LogP contribution in [0, 0.1) is 5.92 Å².